The molecule has 0 aliphatic heterocycles. The lowest BCUT2D eigenvalue weighted by Crippen LogP contribution is -2.36. The Labute approximate surface area is 185 Å². The summed E-state index contributed by atoms with van der Waals surface area (Å²) in [5.74, 6) is -0.893. The molecule has 3 aromatic carbocycles. The number of methoxy groups -OCH3 is 1. The van der Waals surface area contributed by atoms with Crippen LogP contribution in [0.5, 0.6) is 5.75 Å². The fourth-order valence-electron chi connectivity index (χ4n) is 4.07. The van der Waals surface area contributed by atoms with Crippen LogP contribution in [0.2, 0.25) is 0 Å². The Morgan fingerprint density at radius 3 is 2.25 bits per heavy atom. The van der Waals surface area contributed by atoms with Gasteiger partial charge in [0.25, 0.3) is 0 Å². The molecule has 4 rings (SSSR count). The van der Waals surface area contributed by atoms with Crippen molar-refractivity contribution in [3.05, 3.63) is 89.2 Å². The van der Waals surface area contributed by atoms with Crippen LogP contribution in [0.1, 0.15) is 28.7 Å². The summed E-state index contributed by atoms with van der Waals surface area (Å²) in [4.78, 5) is 12.2. The van der Waals surface area contributed by atoms with Gasteiger partial charge < -0.3 is 25.0 Å². The summed E-state index contributed by atoms with van der Waals surface area (Å²) < 4.78 is 24.6. The number of carbonyl (C=O) groups is 1. The van der Waals surface area contributed by atoms with E-state index in [1.807, 2.05) is 48.5 Å². The maximum Gasteiger partial charge on any atom is 0.407 e. The van der Waals surface area contributed by atoms with Crippen LogP contribution in [0.15, 0.2) is 66.7 Å². The molecule has 0 bridgehead atoms. The molecule has 3 aromatic rings. The molecule has 0 radical (unpaired) electrons. The quantitative estimate of drug-likeness (QED) is 0.524. The SMILES string of the molecule is COc1cccc(C(O)C(O)CNC(=O)OCC2c3ccccc3-c3ccccc32)c1F. The highest BCUT2D eigenvalue weighted by Crippen LogP contribution is 2.44. The van der Waals surface area contributed by atoms with Crippen LogP contribution < -0.4 is 10.1 Å². The van der Waals surface area contributed by atoms with Crippen molar-refractivity contribution in [3.8, 4) is 16.9 Å². The van der Waals surface area contributed by atoms with Crippen molar-refractivity contribution in [2.75, 3.05) is 20.3 Å². The Kier molecular flexibility index (Phi) is 6.39. The number of halogens is 1. The normalized spacial score (nSPS) is 14.2. The molecule has 1 aliphatic carbocycles. The second kappa shape index (κ2) is 9.38. The van der Waals surface area contributed by atoms with Crippen molar-refractivity contribution in [2.24, 2.45) is 0 Å². The van der Waals surface area contributed by atoms with Crippen LogP contribution in [-0.2, 0) is 4.74 Å². The first-order chi connectivity index (χ1) is 15.5. The highest BCUT2D eigenvalue weighted by molar-refractivity contribution is 5.79. The number of carbonyl (C=O) groups excluding carboxylic acids is 1. The number of aliphatic hydroxyl groups excluding tert-OH is 2. The molecule has 7 heteroatoms. The van der Waals surface area contributed by atoms with Gasteiger partial charge in [0.05, 0.1) is 7.11 Å². The predicted molar refractivity (Wildman–Crippen MR) is 117 cm³/mol. The van der Waals surface area contributed by atoms with E-state index < -0.39 is 24.1 Å². The molecule has 2 atom stereocenters. The lowest BCUT2D eigenvalue weighted by atomic mass is 9.98. The largest absolute Gasteiger partial charge is 0.494 e. The number of alkyl carbamates (subject to hydrolysis) is 1. The van der Waals surface area contributed by atoms with Crippen LogP contribution >= 0.6 is 0 Å². The second-order valence-corrected chi connectivity index (χ2v) is 7.58. The standard InChI is InChI=1S/C25H24FNO5/c1-31-22-12-6-11-19(23(22)26)24(29)21(28)13-27-25(30)32-14-20-17-9-4-2-7-15(17)16-8-3-5-10-18(16)20/h2-12,20-21,24,28-29H,13-14H2,1H3,(H,27,30). The molecule has 6 nitrogen and oxygen atoms in total. The van der Waals surface area contributed by atoms with Gasteiger partial charge in [-0.1, -0.05) is 60.7 Å². The summed E-state index contributed by atoms with van der Waals surface area (Å²) in [6, 6.07) is 20.2. The maximum atomic E-state index is 14.3. The average Bonchev–Trinajstić information content (AvgIpc) is 3.14. The zero-order valence-corrected chi connectivity index (χ0v) is 17.5. The van der Waals surface area contributed by atoms with E-state index in [-0.39, 0.29) is 30.4 Å². The van der Waals surface area contributed by atoms with E-state index in [4.69, 9.17) is 9.47 Å². The zero-order chi connectivity index (χ0) is 22.7. The van der Waals surface area contributed by atoms with Gasteiger partial charge in [0, 0.05) is 18.0 Å². The molecule has 0 fully saturated rings. The lowest BCUT2D eigenvalue weighted by molar-refractivity contribution is 0.0163. The third kappa shape index (κ3) is 4.17. The Bertz CT molecular complexity index is 1070. The monoisotopic (exact) mass is 437 g/mol. The molecule has 2 unspecified atom stereocenters. The van der Waals surface area contributed by atoms with Gasteiger partial charge in [-0.25, -0.2) is 9.18 Å². The molecule has 0 spiro atoms. The number of hydrogen-bond donors (Lipinski definition) is 3. The van der Waals surface area contributed by atoms with Crippen molar-refractivity contribution < 1.29 is 28.9 Å². The number of ether oxygens (including phenoxy) is 2. The molecule has 166 valence electrons. The fourth-order valence-corrected chi connectivity index (χ4v) is 4.07. The van der Waals surface area contributed by atoms with E-state index in [0.717, 1.165) is 22.3 Å². The topological polar surface area (TPSA) is 88.0 Å². The lowest BCUT2D eigenvalue weighted by Gasteiger charge is -2.20. The van der Waals surface area contributed by atoms with Gasteiger partial charge in [-0.05, 0) is 28.3 Å². The summed E-state index contributed by atoms with van der Waals surface area (Å²) in [7, 11) is 1.31. The summed E-state index contributed by atoms with van der Waals surface area (Å²) in [5, 5.41) is 22.9. The minimum atomic E-state index is -1.54. The molecule has 0 saturated heterocycles. The van der Waals surface area contributed by atoms with Gasteiger partial charge in [0.2, 0.25) is 0 Å². The van der Waals surface area contributed by atoms with Crippen LogP contribution in [0, 0.1) is 5.82 Å². The number of rotatable bonds is 7. The van der Waals surface area contributed by atoms with E-state index in [1.165, 1.54) is 25.3 Å². The number of aliphatic hydroxyl groups is 2. The first-order valence-electron chi connectivity index (χ1n) is 10.3. The Balaban J connectivity index is 1.35. The Hall–Kier alpha value is -3.42. The smallest absolute Gasteiger partial charge is 0.407 e. The van der Waals surface area contributed by atoms with Crippen molar-refractivity contribution in [1.82, 2.24) is 5.32 Å². The molecule has 1 aliphatic rings. The second-order valence-electron chi connectivity index (χ2n) is 7.58. The molecule has 0 saturated carbocycles. The van der Waals surface area contributed by atoms with Crippen LogP contribution in [0.3, 0.4) is 0 Å². The number of amides is 1. The first kappa shape index (κ1) is 21.8. The van der Waals surface area contributed by atoms with Crippen molar-refractivity contribution in [2.45, 2.75) is 18.1 Å². The zero-order valence-electron chi connectivity index (χ0n) is 17.5. The molecular formula is C25H24FNO5. The van der Waals surface area contributed by atoms with E-state index in [9.17, 15) is 19.4 Å². The number of benzene rings is 3. The Morgan fingerprint density at radius 2 is 1.62 bits per heavy atom. The minimum Gasteiger partial charge on any atom is -0.494 e. The molecule has 3 N–H and O–H groups in total. The minimum absolute atomic E-state index is 0.0433. The van der Waals surface area contributed by atoms with Crippen LogP contribution in [0.4, 0.5) is 9.18 Å². The molecule has 0 aromatic heterocycles. The van der Waals surface area contributed by atoms with E-state index in [0.29, 0.717) is 0 Å². The van der Waals surface area contributed by atoms with Crippen molar-refractivity contribution in [3.63, 3.8) is 0 Å². The number of fused-ring (bicyclic) bond motifs is 3. The third-order valence-corrected chi connectivity index (χ3v) is 5.70. The maximum absolute atomic E-state index is 14.3. The van der Waals surface area contributed by atoms with Crippen LogP contribution in [0.25, 0.3) is 11.1 Å². The molecule has 0 heterocycles. The number of hydrogen-bond acceptors (Lipinski definition) is 5. The van der Waals surface area contributed by atoms with Crippen LogP contribution in [-0.4, -0.2) is 42.7 Å². The highest BCUT2D eigenvalue weighted by atomic mass is 19.1. The first-order valence-corrected chi connectivity index (χ1v) is 10.3. The van der Waals surface area contributed by atoms with Gasteiger partial charge in [-0.3, -0.25) is 0 Å². The summed E-state index contributed by atoms with van der Waals surface area (Å²) in [6.45, 7) is -0.183. The predicted octanol–water partition coefficient (Wildman–Crippen LogP) is 3.77. The van der Waals surface area contributed by atoms with Gasteiger partial charge >= 0.3 is 6.09 Å². The fraction of sp³-hybridized carbons (Fsp3) is 0.240. The molecule has 32 heavy (non-hydrogen) atoms. The summed E-state index contributed by atoms with van der Waals surface area (Å²) in [5.41, 5.74) is 4.30. The highest BCUT2D eigenvalue weighted by Gasteiger charge is 2.29. The average molecular weight is 437 g/mol. The Morgan fingerprint density at radius 1 is 1.00 bits per heavy atom. The summed E-state index contributed by atoms with van der Waals surface area (Å²) >= 11 is 0. The van der Waals surface area contributed by atoms with Crippen molar-refractivity contribution >= 4 is 6.09 Å². The van der Waals surface area contributed by atoms with Gasteiger partial charge in [-0.15, -0.1) is 0 Å². The van der Waals surface area contributed by atoms with Gasteiger partial charge in [0.1, 0.15) is 18.8 Å². The van der Waals surface area contributed by atoms with Gasteiger partial charge in [-0.2, -0.15) is 0 Å². The van der Waals surface area contributed by atoms with E-state index in [1.54, 1.807) is 0 Å². The molecule has 1 amide bonds. The third-order valence-electron chi connectivity index (χ3n) is 5.70. The summed E-state index contributed by atoms with van der Waals surface area (Å²) in [6.07, 6.45) is -3.71. The van der Waals surface area contributed by atoms with Gasteiger partial charge in [0.15, 0.2) is 11.6 Å². The van der Waals surface area contributed by atoms with Crippen molar-refractivity contribution in [1.29, 1.82) is 0 Å². The van der Waals surface area contributed by atoms with E-state index >= 15 is 0 Å². The van der Waals surface area contributed by atoms with E-state index in [2.05, 4.69) is 5.32 Å². The molecular weight excluding hydrogens is 413 g/mol. The number of nitrogens with one attached hydrogen (secondary N) is 1.